The molecule has 0 atom stereocenters. The Labute approximate surface area is 199 Å². The summed E-state index contributed by atoms with van der Waals surface area (Å²) in [7, 11) is 0. The molecular formula is C25H41N3O5. The number of amides is 1. The Balaban J connectivity index is 0.00000129. The van der Waals surface area contributed by atoms with Crippen LogP contribution in [0.1, 0.15) is 60.5 Å². The van der Waals surface area contributed by atoms with Gasteiger partial charge in [-0.25, -0.2) is 4.79 Å². The zero-order chi connectivity index (χ0) is 24.9. The largest absolute Gasteiger partial charge is 0.444 e. The molecule has 2 fully saturated rings. The Morgan fingerprint density at radius 2 is 1.79 bits per heavy atom. The van der Waals surface area contributed by atoms with Crippen molar-refractivity contribution in [2.45, 2.75) is 72.4 Å². The lowest BCUT2D eigenvalue weighted by Gasteiger charge is -2.45. The first kappa shape index (κ1) is 28.7. The van der Waals surface area contributed by atoms with Gasteiger partial charge in [0.05, 0.1) is 38.0 Å². The lowest BCUT2D eigenvalue weighted by molar-refractivity contribution is -0.277. The highest BCUT2D eigenvalue weighted by molar-refractivity contribution is 5.68. The van der Waals surface area contributed by atoms with E-state index >= 15 is 0 Å². The smallest absolute Gasteiger partial charge is 0.410 e. The van der Waals surface area contributed by atoms with Crippen LogP contribution in [0, 0.1) is 11.3 Å². The predicted octanol–water partition coefficient (Wildman–Crippen LogP) is 4.79. The second kappa shape index (κ2) is 14.0. The average Bonchev–Trinajstić information content (AvgIpc) is 2.82. The van der Waals surface area contributed by atoms with Crippen molar-refractivity contribution in [2.75, 3.05) is 44.8 Å². The lowest BCUT2D eigenvalue weighted by atomic mass is 10.0. The fourth-order valence-electron chi connectivity index (χ4n) is 3.24. The summed E-state index contributed by atoms with van der Waals surface area (Å²) in [5.74, 6) is 0. The van der Waals surface area contributed by atoms with E-state index in [9.17, 15) is 4.79 Å². The summed E-state index contributed by atoms with van der Waals surface area (Å²) in [4.78, 5) is 14.0. The molecule has 1 amide bonds. The zero-order valence-corrected chi connectivity index (χ0v) is 21.3. The standard InChI is InChI=1S/C21H29N3O5.2C2H6/c1-20(2,3)29-19(25)24-10-11-28-21(13-24)14-26-18(27-15-21)8-9-23-17-6-4-16(12-22)5-7-17;2*1-2/h4-7,18,23H,8-11,13-15H2,1-3H3;2*1-2H3. The van der Waals surface area contributed by atoms with E-state index in [1.807, 2.05) is 60.6 Å². The number of hydrogen-bond donors (Lipinski definition) is 1. The van der Waals surface area contributed by atoms with Gasteiger partial charge < -0.3 is 29.2 Å². The van der Waals surface area contributed by atoms with Gasteiger partial charge >= 0.3 is 6.09 Å². The molecule has 1 spiro atoms. The van der Waals surface area contributed by atoms with Crippen molar-refractivity contribution in [3.05, 3.63) is 29.8 Å². The Morgan fingerprint density at radius 3 is 2.33 bits per heavy atom. The molecule has 2 heterocycles. The summed E-state index contributed by atoms with van der Waals surface area (Å²) in [6, 6.07) is 9.39. The molecule has 3 rings (SSSR count). The Bertz CT molecular complexity index is 732. The molecule has 1 aromatic rings. The van der Waals surface area contributed by atoms with Crippen LogP contribution in [0.2, 0.25) is 0 Å². The molecule has 0 aliphatic carbocycles. The van der Waals surface area contributed by atoms with Crippen LogP contribution in [0.15, 0.2) is 24.3 Å². The Morgan fingerprint density at radius 1 is 1.18 bits per heavy atom. The number of carbonyl (C=O) groups is 1. The van der Waals surface area contributed by atoms with Gasteiger partial charge in [-0.2, -0.15) is 5.26 Å². The number of benzene rings is 1. The van der Waals surface area contributed by atoms with E-state index in [0.717, 1.165) is 5.69 Å². The van der Waals surface area contributed by atoms with E-state index in [2.05, 4.69) is 11.4 Å². The highest BCUT2D eigenvalue weighted by atomic mass is 16.7. The van der Waals surface area contributed by atoms with Gasteiger partial charge in [0.25, 0.3) is 0 Å². The molecule has 0 unspecified atom stereocenters. The van der Waals surface area contributed by atoms with E-state index in [0.29, 0.717) is 51.4 Å². The third kappa shape index (κ3) is 9.58. The SMILES string of the molecule is CC.CC.CC(C)(C)OC(=O)N1CCOC2(COC(CCNc3ccc(C#N)cc3)OC2)C1. The molecule has 2 aliphatic rings. The Hall–Kier alpha value is -2.34. The number of nitriles is 1. The van der Waals surface area contributed by atoms with Crippen LogP contribution in [0.25, 0.3) is 0 Å². The van der Waals surface area contributed by atoms with Crippen molar-refractivity contribution >= 4 is 11.8 Å². The summed E-state index contributed by atoms with van der Waals surface area (Å²) in [5.41, 5.74) is 0.397. The maximum absolute atomic E-state index is 12.4. The second-order valence-electron chi connectivity index (χ2n) is 8.39. The first-order valence-electron chi connectivity index (χ1n) is 11.9. The molecule has 0 aromatic heterocycles. The summed E-state index contributed by atoms with van der Waals surface area (Å²) < 4.78 is 23.1. The summed E-state index contributed by atoms with van der Waals surface area (Å²) in [5, 5.41) is 12.1. The first-order chi connectivity index (χ1) is 15.8. The number of rotatable bonds is 4. The Kier molecular flexibility index (Phi) is 12.2. The molecule has 0 radical (unpaired) electrons. The number of hydrogen-bond acceptors (Lipinski definition) is 7. The molecule has 2 saturated heterocycles. The summed E-state index contributed by atoms with van der Waals surface area (Å²) >= 11 is 0. The minimum atomic E-state index is -0.647. The van der Waals surface area contributed by atoms with Crippen molar-refractivity contribution in [3.8, 4) is 6.07 Å². The van der Waals surface area contributed by atoms with Crippen molar-refractivity contribution < 1.29 is 23.7 Å². The van der Waals surface area contributed by atoms with Crippen LogP contribution in [-0.4, -0.2) is 67.9 Å². The first-order valence-corrected chi connectivity index (χ1v) is 11.9. The molecule has 186 valence electrons. The molecular weight excluding hydrogens is 422 g/mol. The molecule has 1 aromatic carbocycles. The van der Waals surface area contributed by atoms with Gasteiger partial charge in [0, 0.05) is 25.2 Å². The highest BCUT2D eigenvalue weighted by Crippen LogP contribution is 2.26. The maximum atomic E-state index is 12.4. The van der Waals surface area contributed by atoms with Crippen LogP contribution in [0.4, 0.5) is 10.5 Å². The maximum Gasteiger partial charge on any atom is 0.410 e. The second-order valence-corrected chi connectivity index (χ2v) is 8.39. The van der Waals surface area contributed by atoms with Crippen molar-refractivity contribution in [1.29, 1.82) is 5.26 Å². The number of nitrogens with zero attached hydrogens (tertiary/aromatic N) is 2. The van der Waals surface area contributed by atoms with Gasteiger partial charge in [0.2, 0.25) is 0 Å². The third-order valence-electron chi connectivity index (χ3n) is 4.69. The van der Waals surface area contributed by atoms with Gasteiger partial charge in [-0.15, -0.1) is 0 Å². The number of nitrogens with one attached hydrogen (secondary N) is 1. The van der Waals surface area contributed by atoms with E-state index in [-0.39, 0.29) is 12.4 Å². The monoisotopic (exact) mass is 463 g/mol. The quantitative estimate of drug-likeness (QED) is 0.686. The van der Waals surface area contributed by atoms with Crippen LogP contribution in [0.3, 0.4) is 0 Å². The minimum Gasteiger partial charge on any atom is -0.444 e. The van der Waals surface area contributed by atoms with Crippen LogP contribution in [-0.2, 0) is 18.9 Å². The molecule has 33 heavy (non-hydrogen) atoms. The number of morpholine rings is 1. The zero-order valence-electron chi connectivity index (χ0n) is 21.3. The molecule has 8 heteroatoms. The van der Waals surface area contributed by atoms with Crippen molar-refractivity contribution in [1.82, 2.24) is 4.90 Å². The van der Waals surface area contributed by atoms with E-state index < -0.39 is 11.2 Å². The number of ether oxygens (including phenoxy) is 4. The fraction of sp³-hybridized carbons (Fsp3) is 0.680. The van der Waals surface area contributed by atoms with Gasteiger partial charge in [0.1, 0.15) is 11.2 Å². The summed E-state index contributed by atoms with van der Waals surface area (Å²) in [6.45, 7) is 16.3. The molecule has 8 nitrogen and oxygen atoms in total. The molecule has 1 N–H and O–H groups in total. The van der Waals surface area contributed by atoms with E-state index in [1.54, 1.807) is 17.0 Å². The average molecular weight is 464 g/mol. The van der Waals surface area contributed by atoms with Gasteiger partial charge in [0.15, 0.2) is 6.29 Å². The van der Waals surface area contributed by atoms with Gasteiger partial charge in [-0.3, -0.25) is 0 Å². The minimum absolute atomic E-state index is 0.327. The van der Waals surface area contributed by atoms with Crippen molar-refractivity contribution in [2.24, 2.45) is 0 Å². The van der Waals surface area contributed by atoms with Crippen LogP contribution >= 0.6 is 0 Å². The third-order valence-corrected chi connectivity index (χ3v) is 4.69. The fourth-order valence-corrected chi connectivity index (χ4v) is 3.24. The molecule has 0 bridgehead atoms. The topological polar surface area (TPSA) is 93.0 Å². The number of anilines is 1. The van der Waals surface area contributed by atoms with Crippen LogP contribution in [0.5, 0.6) is 0 Å². The molecule has 2 aliphatic heterocycles. The van der Waals surface area contributed by atoms with Crippen molar-refractivity contribution in [3.63, 3.8) is 0 Å². The predicted molar refractivity (Wildman–Crippen MR) is 129 cm³/mol. The highest BCUT2D eigenvalue weighted by Gasteiger charge is 2.43. The van der Waals surface area contributed by atoms with Gasteiger partial charge in [-0.1, -0.05) is 27.7 Å². The van der Waals surface area contributed by atoms with E-state index in [1.165, 1.54) is 0 Å². The summed E-state index contributed by atoms with van der Waals surface area (Å²) in [6.07, 6.45) is 0.00667. The normalized spacial score (nSPS) is 22.1. The van der Waals surface area contributed by atoms with E-state index in [4.69, 9.17) is 24.2 Å². The van der Waals surface area contributed by atoms with Crippen LogP contribution < -0.4 is 5.32 Å². The number of carbonyl (C=O) groups excluding carboxylic acids is 1. The lowest BCUT2D eigenvalue weighted by Crippen LogP contribution is -2.61. The van der Waals surface area contributed by atoms with Gasteiger partial charge in [-0.05, 0) is 45.0 Å². The molecule has 0 saturated carbocycles.